The molecule has 0 atom stereocenters. The normalized spacial score (nSPS) is 16.4. The third kappa shape index (κ3) is 4.61. The van der Waals surface area contributed by atoms with Gasteiger partial charge in [-0.05, 0) is 38.7 Å². The van der Waals surface area contributed by atoms with Gasteiger partial charge >= 0.3 is 0 Å². The predicted molar refractivity (Wildman–Crippen MR) is 90.1 cm³/mol. The van der Waals surface area contributed by atoms with E-state index in [4.69, 9.17) is 4.52 Å². The lowest BCUT2D eigenvalue weighted by molar-refractivity contribution is -0.122. The average molecular weight is 365 g/mol. The third-order valence-electron chi connectivity index (χ3n) is 4.27. The number of hydrogen-bond acceptors (Lipinski definition) is 6. The zero-order valence-electron chi connectivity index (χ0n) is 14.5. The predicted octanol–water partition coefficient (Wildman–Crippen LogP) is 1.27. The molecule has 2 aromatic rings. The highest BCUT2D eigenvalue weighted by Crippen LogP contribution is 2.24. The Kier molecular flexibility index (Phi) is 5.89. The number of halogens is 2. The Labute approximate surface area is 150 Å². The lowest BCUT2D eigenvalue weighted by Gasteiger charge is -2.19. The smallest absolute Gasteiger partial charge is 0.263 e. The van der Waals surface area contributed by atoms with Crippen LogP contribution in [0, 0.1) is 11.6 Å². The topological polar surface area (TPSA) is 74.5 Å². The van der Waals surface area contributed by atoms with Gasteiger partial charge in [0.15, 0.2) is 5.82 Å². The van der Waals surface area contributed by atoms with E-state index in [0.717, 1.165) is 44.7 Å². The summed E-state index contributed by atoms with van der Waals surface area (Å²) in [4.78, 5) is 20.4. The summed E-state index contributed by atoms with van der Waals surface area (Å²) in [6, 6.07) is 3.48. The molecule has 1 amide bonds. The van der Waals surface area contributed by atoms with E-state index in [-0.39, 0.29) is 29.7 Å². The molecule has 0 spiro atoms. The molecule has 1 aliphatic heterocycles. The molecule has 1 saturated heterocycles. The van der Waals surface area contributed by atoms with Crippen LogP contribution < -0.4 is 5.32 Å². The number of amides is 1. The van der Waals surface area contributed by atoms with Crippen molar-refractivity contribution in [2.75, 3.05) is 39.8 Å². The molecule has 1 aromatic heterocycles. The van der Waals surface area contributed by atoms with E-state index >= 15 is 0 Å². The van der Waals surface area contributed by atoms with E-state index in [1.807, 2.05) is 0 Å². The van der Waals surface area contributed by atoms with Crippen LogP contribution in [0.15, 0.2) is 22.7 Å². The lowest BCUT2D eigenvalue weighted by atomic mass is 10.2. The van der Waals surface area contributed by atoms with Crippen LogP contribution >= 0.6 is 0 Å². The second-order valence-corrected chi connectivity index (χ2v) is 6.32. The Bertz CT molecular complexity index is 747. The minimum atomic E-state index is -0.782. The van der Waals surface area contributed by atoms with Crippen LogP contribution in [0.3, 0.4) is 0 Å². The van der Waals surface area contributed by atoms with Gasteiger partial charge in [0.05, 0.1) is 13.1 Å². The van der Waals surface area contributed by atoms with Crippen LogP contribution in [0.25, 0.3) is 11.5 Å². The molecule has 0 unspecified atom stereocenters. The Morgan fingerprint density at radius 2 is 2.00 bits per heavy atom. The molecule has 0 saturated carbocycles. The number of benzene rings is 1. The fourth-order valence-electron chi connectivity index (χ4n) is 2.82. The van der Waals surface area contributed by atoms with Crippen LogP contribution in [0.1, 0.15) is 12.2 Å². The third-order valence-corrected chi connectivity index (χ3v) is 4.27. The minimum Gasteiger partial charge on any atom is -0.348 e. The highest BCUT2D eigenvalue weighted by Gasteiger charge is 2.19. The van der Waals surface area contributed by atoms with E-state index < -0.39 is 11.6 Å². The van der Waals surface area contributed by atoms with Crippen LogP contribution in [-0.2, 0) is 11.3 Å². The second-order valence-electron chi connectivity index (χ2n) is 6.32. The van der Waals surface area contributed by atoms with E-state index in [9.17, 15) is 13.6 Å². The van der Waals surface area contributed by atoms with Gasteiger partial charge in [-0.25, -0.2) is 8.78 Å². The zero-order chi connectivity index (χ0) is 18.5. The minimum absolute atomic E-state index is 0.0339. The monoisotopic (exact) mass is 365 g/mol. The quantitative estimate of drug-likeness (QED) is 0.860. The second kappa shape index (κ2) is 8.33. The summed E-state index contributed by atoms with van der Waals surface area (Å²) in [5, 5.41) is 6.37. The fraction of sp³-hybridized carbons (Fsp3) is 0.471. The number of carbonyl (C=O) groups is 1. The van der Waals surface area contributed by atoms with Crippen molar-refractivity contribution >= 4 is 5.91 Å². The first kappa shape index (κ1) is 18.4. The van der Waals surface area contributed by atoms with Crippen molar-refractivity contribution in [3.05, 3.63) is 35.7 Å². The lowest BCUT2D eigenvalue weighted by Crippen LogP contribution is -2.38. The summed E-state index contributed by atoms with van der Waals surface area (Å²) in [5.74, 6) is -1.81. The van der Waals surface area contributed by atoms with Crippen LogP contribution in [0.2, 0.25) is 0 Å². The van der Waals surface area contributed by atoms with Gasteiger partial charge in [-0.15, -0.1) is 0 Å². The van der Waals surface area contributed by atoms with E-state index in [1.54, 1.807) is 0 Å². The number of nitrogens with zero attached hydrogens (tertiary/aromatic N) is 4. The van der Waals surface area contributed by atoms with Crippen molar-refractivity contribution < 1.29 is 18.1 Å². The molecule has 1 aliphatic rings. The number of nitrogens with one attached hydrogen (secondary N) is 1. The van der Waals surface area contributed by atoms with Crippen molar-refractivity contribution in [2.24, 2.45) is 0 Å². The molecular formula is C17H21F2N5O2. The summed E-state index contributed by atoms with van der Waals surface area (Å²) < 4.78 is 32.4. The van der Waals surface area contributed by atoms with Gasteiger partial charge < -0.3 is 14.7 Å². The number of rotatable bonds is 5. The SMILES string of the molecule is CN1CCCN(CC(=O)NCc2noc(-c3c(F)cccc3F)n2)CC1. The van der Waals surface area contributed by atoms with Gasteiger partial charge in [-0.1, -0.05) is 11.2 Å². The van der Waals surface area contributed by atoms with Gasteiger partial charge in [0.2, 0.25) is 5.91 Å². The standard InChI is InChI=1S/C17H21F2N5O2/c1-23-6-3-7-24(9-8-23)11-15(25)20-10-14-21-17(26-22-14)16-12(18)4-2-5-13(16)19/h2,4-5H,3,6-11H2,1H3,(H,20,25). The molecular weight excluding hydrogens is 344 g/mol. The van der Waals surface area contributed by atoms with Gasteiger partial charge in [0.25, 0.3) is 5.89 Å². The molecule has 26 heavy (non-hydrogen) atoms. The zero-order valence-corrected chi connectivity index (χ0v) is 14.5. The van der Waals surface area contributed by atoms with Crippen molar-refractivity contribution in [2.45, 2.75) is 13.0 Å². The van der Waals surface area contributed by atoms with Gasteiger partial charge in [-0.2, -0.15) is 4.98 Å². The van der Waals surface area contributed by atoms with Crippen LogP contribution in [-0.4, -0.2) is 65.6 Å². The molecule has 1 aromatic carbocycles. The summed E-state index contributed by atoms with van der Waals surface area (Å²) >= 11 is 0. The molecule has 1 fully saturated rings. The maximum Gasteiger partial charge on any atom is 0.263 e. The molecule has 7 nitrogen and oxygen atoms in total. The summed E-state index contributed by atoms with van der Waals surface area (Å²) in [5.41, 5.74) is -0.369. The molecule has 0 bridgehead atoms. The molecule has 1 N–H and O–H groups in total. The van der Waals surface area contributed by atoms with Crippen LogP contribution in [0.5, 0.6) is 0 Å². The Morgan fingerprint density at radius 3 is 2.77 bits per heavy atom. The molecule has 3 rings (SSSR count). The first-order valence-corrected chi connectivity index (χ1v) is 8.47. The van der Waals surface area contributed by atoms with Gasteiger partial charge in [0.1, 0.15) is 17.2 Å². The maximum absolute atomic E-state index is 13.7. The van der Waals surface area contributed by atoms with Gasteiger partial charge in [-0.3, -0.25) is 9.69 Å². The summed E-state index contributed by atoms with van der Waals surface area (Å²) in [6.07, 6.45) is 1.02. The average Bonchev–Trinajstić information content (AvgIpc) is 2.96. The summed E-state index contributed by atoms with van der Waals surface area (Å²) in [7, 11) is 2.07. The molecule has 140 valence electrons. The Hall–Kier alpha value is -2.39. The van der Waals surface area contributed by atoms with Crippen molar-refractivity contribution in [3.8, 4) is 11.5 Å². The van der Waals surface area contributed by atoms with E-state index in [0.29, 0.717) is 6.54 Å². The molecule has 2 heterocycles. The first-order chi connectivity index (χ1) is 12.5. The van der Waals surface area contributed by atoms with Crippen molar-refractivity contribution in [1.82, 2.24) is 25.3 Å². The number of hydrogen-bond donors (Lipinski definition) is 1. The Morgan fingerprint density at radius 1 is 1.23 bits per heavy atom. The van der Waals surface area contributed by atoms with Gasteiger partial charge in [0, 0.05) is 13.1 Å². The highest BCUT2D eigenvalue weighted by atomic mass is 19.1. The van der Waals surface area contributed by atoms with Crippen molar-refractivity contribution in [3.63, 3.8) is 0 Å². The Balaban J connectivity index is 1.54. The first-order valence-electron chi connectivity index (χ1n) is 8.47. The van der Waals surface area contributed by atoms with Crippen molar-refractivity contribution in [1.29, 1.82) is 0 Å². The molecule has 0 radical (unpaired) electrons. The fourth-order valence-corrected chi connectivity index (χ4v) is 2.82. The van der Waals surface area contributed by atoms with Crippen LogP contribution in [0.4, 0.5) is 8.78 Å². The van der Waals surface area contributed by atoms with E-state index in [1.165, 1.54) is 6.07 Å². The molecule has 9 heteroatoms. The number of aromatic nitrogens is 2. The highest BCUT2D eigenvalue weighted by molar-refractivity contribution is 5.77. The van der Waals surface area contributed by atoms with E-state index in [2.05, 4.69) is 32.3 Å². The maximum atomic E-state index is 13.7. The largest absolute Gasteiger partial charge is 0.348 e. The summed E-state index contributed by atoms with van der Waals surface area (Å²) in [6.45, 7) is 3.98. The number of likely N-dealkylation sites (N-methyl/N-ethyl adjacent to an activating group) is 1. The molecule has 0 aliphatic carbocycles. The number of carbonyl (C=O) groups excluding carboxylic acids is 1.